The lowest BCUT2D eigenvalue weighted by Gasteiger charge is -2.22. The van der Waals surface area contributed by atoms with Gasteiger partial charge in [0.05, 0.1) is 6.10 Å². The molecule has 2 N–H and O–H groups in total. The lowest BCUT2D eigenvalue weighted by molar-refractivity contribution is 0.0668. The molecule has 0 bridgehead atoms. The summed E-state index contributed by atoms with van der Waals surface area (Å²) < 4.78 is 10.7. The first-order valence-electron chi connectivity index (χ1n) is 6.89. The maximum absolute atomic E-state index is 11.5. The Bertz CT molecular complexity index is 228. The van der Waals surface area contributed by atoms with Gasteiger partial charge in [0.2, 0.25) is 0 Å². The molecule has 0 spiro atoms. The van der Waals surface area contributed by atoms with Crippen LogP contribution in [0.5, 0.6) is 0 Å². The standard InChI is InChI=1S/C13H26N2O3/c1-11(2)18-7-3-6-14-13(16)15-10-12-4-8-17-9-5-12/h11-12H,3-10H2,1-2H3,(H2,14,15,16). The van der Waals surface area contributed by atoms with Gasteiger partial charge in [0.25, 0.3) is 0 Å². The van der Waals surface area contributed by atoms with Crippen LogP contribution in [0.15, 0.2) is 0 Å². The van der Waals surface area contributed by atoms with Crippen molar-refractivity contribution < 1.29 is 14.3 Å². The largest absolute Gasteiger partial charge is 0.381 e. The van der Waals surface area contributed by atoms with Crippen molar-refractivity contribution in [3.05, 3.63) is 0 Å². The number of carbonyl (C=O) groups excluding carboxylic acids is 1. The molecule has 0 radical (unpaired) electrons. The summed E-state index contributed by atoms with van der Waals surface area (Å²) in [6, 6.07) is -0.0777. The van der Waals surface area contributed by atoms with Crippen LogP contribution in [0.2, 0.25) is 0 Å². The van der Waals surface area contributed by atoms with Crippen LogP contribution >= 0.6 is 0 Å². The van der Waals surface area contributed by atoms with E-state index in [2.05, 4.69) is 10.6 Å². The molecule has 18 heavy (non-hydrogen) atoms. The monoisotopic (exact) mass is 258 g/mol. The third-order valence-electron chi connectivity index (χ3n) is 2.95. The van der Waals surface area contributed by atoms with E-state index in [0.29, 0.717) is 19.1 Å². The number of amides is 2. The van der Waals surface area contributed by atoms with Crippen LogP contribution in [0.1, 0.15) is 33.1 Å². The molecule has 1 heterocycles. The molecule has 106 valence electrons. The van der Waals surface area contributed by atoms with E-state index in [4.69, 9.17) is 9.47 Å². The molecule has 0 aromatic rings. The Balaban J connectivity index is 1.93. The number of hydrogen-bond donors (Lipinski definition) is 2. The predicted octanol–water partition coefficient (Wildman–Crippen LogP) is 1.53. The third kappa shape index (κ3) is 7.50. The second-order valence-electron chi connectivity index (χ2n) is 4.97. The highest BCUT2D eigenvalue weighted by molar-refractivity contribution is 5.73. The van der Waals surface area contributed by atoms with Crippen molar-refractivity contribution >= 4 is 6.03 Å². The molecule has 0 aromatic carbocycles. The van der Waals surface area contributed by atoms with E-state index in [-0.39, 0.29) is 12.1 Å². The molecular formula is C13H26N2O3. The van der Waals surface area contributed by atoms with Crippen LogP contribution in [0.4, 0.5) is 4.79 Å². The summed E-state index contributed by atoms with van der Waals surface area (Å²) in [5.74, 6) is 0.564. The zero-order valence-electron chi connectivity index (χ0n) is 11.5. The fraction of sp³-hybridized carbons (Fsp3) is 0.923. The summed E-state index contributed by atoms with van der Waals surface area (Å²) in [5.41, 5.74) is 0. The molecule has 5 heteroatoms. The zero-order valence-corrected chi connectivity index (χ0v) is 11.5. The summed E-state index contributed by atoms with van der Waals surface area (Å²) in [6.45, 7) is 7.75. The average molecular weight is 258 g/mol. The van der Waals surface area contributed by atoms with Crippen LogP contribution in [0.3, 0.4) is 0 Å². The maximum atomic E-state index is 11.5. The highest BCUT2D eigenvalue weighted by Crippen LogP contribution is 2.12. The van der Waals surface area contributed by atoms with E-state index in [9.17, 15) is 4.79 Å². The van der Waals surface area contributed by atoms with Gasteiger partial charge >= 0.3 is 6.03 Å². The quantitative estimate of drug-likeness (QED) is 0.681. The van der Waals surface area contributed by atoms with Crippen molar-refractivity contribution in [3.8, 4) is 0 Å². The van der Waals surface area contributed by atoms with Gasteiger partial charge in [0.1, 0.15) is 0 Å². The molecule has 0 saturated carbocycles. The van der Waals surface area contributed by atoms with Crippen molar-refractivity contribution in [2.45, 2.75) is 39.2 Å². The first-order chi connectivity index (χ1) is 8.68. The molecule has 1 aliphatic heterocycles. The summed E-state index contributed by atoms with van der Waals surface area (Å²) in [5, 5.41) is 5.74. The van der Waals surface area contributed by atoms with Gasteiger partial charge in [0, 0.05) is 32.9 Å². The number of nitrogens with one attached hydrogen (secondary N) is 2. The van der Waals surface area contributed by atoms with Gasteiger partial charge in [0.15, 0.2) is 0 Å². The Hall–Kier alpha value is -0.810. The number of ether oxygens (including phenoxy) is 2. The molecule has 0 unspecified atom stereocenters. The number of carbonyl (C=O) groups is 1. The Kier molecular flexibility index (Phi) is 7.76. The van der Waals surface area contributed by atoms with Crippen molar-refractivity contribution in [2.75, 3.05) is 32.9 Å². The smallest absolute Gasteiger partial charge is 0.314 e. The minimum atomic E-state index is -0.0777. The van der Waals surface area contributed by atoms with Crippen molar-refractivity contribution in [1.29, 1.82) is 0 Å². The van der Waals surface area contributed by atoms with E-state index in [1.54, 1.807) is 0 Å². The van der Waals surface area contributed by atoms with Crippen LogP contribution in [-0.4, -0.2) is 45.0 Å². The predicted molar refractivity (Wildman–Crippen MR) is 70.6 cm³/mol. The lowest BCUT2D eigenvalue weighted by Crippen LogP contribution is -2.39. The van der Waals surface area contributed by atoms with E-state index in [1.807, 2.05) is 13.8 Å². The minimum Gasteiger partial charge on any atom is -0.381 e. The van der Waals surface area contributed by atoms with Gasteiger partial charge in [-0.15, -0.1) is 0 Å². The highest BCUT2D eigenvalue weighted by Gasteiger charge is 2.14. The van der Waals surface area contributed by atoms with E-state index >= 15 is 0 Å². The second kappa shape index (κ2) is 9.16. The van der Waals surface area contributed by atoms with Gasteiger partial charge in [-0.25, -0.2) is 4.79 Å². The molecule has 1 fully saturated rings. The highest BCUT2D eigenvalue weighted by atomic mass is 16.5. The normalized spacial score (nSPS) is 16.8. The zero-order chi connectivity index (χ0) is 13.2. The van der Waals surface area contributed by atoms with Gasteiger partial charge in [-0.05, 0) is 39.0 Å². The summed E-state index contributed by atoms with van der Waals surface area (Å²) in [6.07, 6.45) is 3.20. The molecule has 0 aromatic heterocycles. The average Bonchev–Trinajstić information content (AvgIpc) is 2.37. The van der Waals surface area contributed by atoms with Gasteiger partial charge in [-0.1, -0.05) is 0 Å². The Morgan fingerprint density at radius 3 is 2.72 bits per heavy atom. The molecule has 2 amide bonds. The molecule has 1 aliphatic rings. The Morgan fingerprint density at radius 1 is 1.33 bits per heavy atom. The molecule has 1 saturated heterocycles. The minimum absolute atomic E-state index is 0.0777. The summed E-state index contributed by atoms with van der Waals surface area (Å²) in [4.78, 5) is 11.5. The molecule has 5 nitrogen and oxygen atoms in total. The first kappa shape index (κ1) is 15.2. The number of urea groups is 1. The molecule has 0 atom stereocenters. The fourth-order valence-electron chi connectivity index (χ4n) is 1.84. The van der Waals surface area contributed by atoms with Crippen LogP contribution in [0, 0.1) is 5.92 Å². The van der Waals surface area contributed by atoms with E-state index < -0.39 is 0 Å². The van der Waals surface area contributed by atoms with Crippen LogP contribution in [-0.2, 0) is 9.47 Å². The SMILES string of the molecule is CC(C)OCCCNC(=O)NCC1CCOCC1. The maximum Gasteiger partial charge on any atom is 0.314 e. The Labute approximate surface area is 110 Å². The van der Waals surface area contributed by atoms with Crippen molar-refractivity contribution in [2.24, 2.45) is 5.92 Å². The van der Waals surface area contributed by atoms with Crippen molar-refractivity contribution in [1.82, 2.24) is 10.6 Å². The van der Waals surface area contributed by atoms with Gasteiger partial charge in [-0.2, -0.15) is 0 Å². The summed E-state index contributed by atoms with van der Waals surface area (Å²) in [7, 11) is 0. The number of hydrogen-bond acceptors (Lipinski definition) is 3. The first-order valence-corrected chi connectivity index (χ1v) is 6.89. The second-order valence-corrected chi connectivity index (χ2v) is 4.97. The number of rotatable bonds is 7. The Morgan fingerprint density at radius 2 is 2.06 bits per heavy atom. The molecular weight excluding hydrogens is 232 g/mol. The fourth-order valence-corrected chi connectivity index (χ4v) is 1.84. The van der Waals surface area contributed by atoms with Gasteiger partial charge in [-0.3, -0.25) is 0 Å². The van der Waals surface area contributed by atoms with Crippen LogP contribution in [0.25, 0.3) is 0 Å². The van der Waals surface area contributed by atoms with Gasteiger partial charge < -0.3 is 20.1 Å². The molecule has 1 rings (SSSR count). The lowest BCUT2D eigenvalue weighted by atomic mass is 10.0. The van der Waals surface area contributed by atoms with Crippen molar-refractivity contribution in [3.63, 3.8) is 0 Å². The van der Waals surface area contributed by atoms with E-state index in [1.165, 1.54) is 0 Å². The molecule has 0 aliphatic carbocycles. The van der Waals surface area contributed by atoms with Crippen LogP contribution < -0.4 is 10.6 Å². The van der Waals surface area contributed by atoms with E-state index in [0.717, 1.165) is 39.0 Å². The topological polar surface area (TPSA) is 59.6 Å². The third-order valence-corrected chi connectivity index (χ3v) is 2.95. The summed E-state index contributed by atoms with van der Waals surface area (Å²) >= 11 is 0.